The molecule has 0 radical (unpaired) electrons. The van der Waals surface area contributed by atoms with Crippen LogP contribution in [0.25, 0.3) is 11.1 Å². The van der Waals surface area contributed by atoms with Gasteiger partial charge in [0.25, 0.3) is 5.91 Å². The Balaban J connectivity index is 1.36. The summed E-state index contributed by atoms with van der Waals surface area (Å²) in [4.78, 5) is 12.6. The molecule has 3 N–H and O–H groups in total. The highest BCUT2D eigenvalue weighted by Crippen LogP contribution is 2.32. The summed E-state index contributed by atoms with van der Waals surface area (Å²) in [6.45, 7) is 1.48. The van der Waals surface area contributed by atoms with Gasteiger partial charge in [-0.3, -0.25) is 4.79 Å². The molecular weight excluding hydrogens is 504 g/mol. The van der Waals surface area contributed by atoms with Crippen molar-refractivity contribution in [3.05, 3.63) is 83.9 Å². The average Bonchev–Trinajstić information content (AvgIpc) is 3.41. The van der Waals surface area contributed by atoms with Crippen LogP contribution in [0.15, 0.2) is 72.8 Å². The molecule has 38 heavy (non-hydrogen) atoms. The van der Waals surface area contributed by atoms with Gasteiger partial charge in [-0.15, -0.1) is 0 Å². The number of ether oxygens (including phenoxy) is 2. The van der Waals surface area contributed by atoms with Crippen LogP contribution in [0.3, 0.4) is 0 Å². The van der Waals surface area contributed by atoms with Gasteiger partial charge in [0.2, 0.25) is 10.0 Å². The normalized spacial score (nSPS) is 14.7. The number of amides is 1. The molecule has 0 aliphatic heterocycles. The molecule has 1 atom stereocenters. The van der Waals surface area contributed by atoms with Crippen LogP contribution in [0, 0.1) is 0 Å². The predicted molar refractivity (Wildman–Crippen MR) is 147 cm³/mol. The molecule has 8 nitrogen and oxygen atoms in total. The van der Waals surface area contributed by atoms with Crippen LogP contribution in [0.1, 0.15) is 47.7 Å². The third kappa shape index (κ3) is 8.05. The Labute approximate surface area is 224 Å². The Morgan fingerprint density at radius 1 is 1.00 bits per heavy atom. The first-order valence-corrected chi connectivity index (χ1v) is 14.7. The second kappa shape index (κ2) is 12.9. The molecule has 0 bridgehead atoms. The molecule has 1 aliphatic carbocycles. The summed E-state index contributed by atoms with van der Waals surface area (Å²) in [7, 11) is -3.70. The lowest BCUT2D eigenvalue weighted by molar-refractivity contribution is 0.0974. The lowest BCUT2D eigenvalue weighted by Gasteiger charge is -2.17. The number of benzene rings is 3. The fourth-order valence-electron chi connectivity index (χ4n) is 4.41. The third-order valence-electron chi connectivity index (χ3n) is 6.36. The molecule has 0 aromatic heterocycles. The number of rotatable bonds is 12. The summed E-state index contributed by atoms with van der Waals surface area (Å²) in [5.41, 5.74) is 2.82. The number of nitrogens with one attached hydrogen (secondary N) is 2. The van der Waals surface area contributed by atoms with Gasteiger partial charge in [0, 0.05) is 13.1 Å². The van der Waals surface area contributed by atoms with E-state index in [1.807, 2.05) is 59.3 Å². The fourth-order valence-corrected chi connectivity index (χ4v) is 4.86. The predicted octanol–water partition coefficient (Wildman–Crippen LogP) is 4.07. The van der Waals surface area contributed by atoms with Crippen molar-refractivity contribution < 1.29 is 27.8 Å². The number of aliphatic hydroxyl groups excluding tert-OH is 1. The van der Waals surface area contributed by atoms with E-state index in [9.17, 15) is 18.3 Å². The van der Waals surface area contributed by atoms with Crippen molar-refractivity contribution in [1.29, 1.82) is 0 Å². The van der Waals surface area contributed by atoms with E-state index in [2.05, 4.69) is 5.32 Å². The topological polar surface area (TPSA) is 114 Å². The lowest BCUT2D eigenvalue weighted by Crippen LogP contribution is -2.30. The number of hydrogen-bond donors (Lipinski definition) is 3. The van der Waals surface area contributed by atoms with Crippen molar-refractivity contribution in [1.82, 2.24) is 10.0 Å². The van der Waals surface area contributed by atoms with Crippen LogP contribution in [0.2, 0.25) is 0 Å². The van der Waals surface area contributed by atoms with Crippen molar-refractivity contribution >= 4 is 15.9 Å². The van der Waals surface area contributed by atoms with Crippen molar-refractivity contribution in [2.24, 2.45) is 0 Å². The number of hydrogen-bond acceptors (Lipinski definition) is 7. The van der Waals surface area contributed by atoms with Crippen molar-refractivity contribution in [3.63, 3.8) is 0 Å². The number of aliphatic hydroxyl groups is 1. The minimum atomic E-state index is -3.70. The van der Waals surface area contributed by atoms with Crippen LogP contribution in [-0.2, 0) is 10.0 Å². The Bertz CT molecular complexity index is 1310. The highest BCUT2D eigenvalue weighted by Gasteiger charge is 2.22. The first-order chi connectivity index (χ1) is 18.3. The highest BCUT2D eigenvalue weighted by atomic mass is 32.2. The summed E-state index contributed by atoms with van der Waals surface area (Å²) >= 11 is 0. The molecule has 1 amide bonds. The first-order valence-electron chi connectivity index (χ1n) is 12.8. The Morgan fingerprint density at radius 3 is 2.37 bits per heavy atom. The van der Waals surface area contributed by atoms with Crippen molar-refractivity contribution in [3.8, 4) is 22.6 Å². The Kier molecular flexibility index (Phi) is 9.38. The van der Waals surface area contributed by atoms with E-state index in [0.29, 0.717) is 31.2 Å². The van der Waals surface area contributed by atoms with E-state index < -0.39 is 22.0 Å². The molecule has 4 rings (SSSR count). The van der Waals surface area contributed by atoms with Crippen LogP contribution >= 0.6 is 0 Å². The zero-order valence-corrected chi connectivity index (χ0v) is 22.2. The first kappa shape index (κ1) is 27.6. The number of sulfonamides is 1. The largest absolute Gasteiger partial charge is 0.492 e. The molecule has 3 aromatic rings. The molecule has 1 saturated carbocycles. The Morgan fingerprint density at radius 2 is 1.68 bits per heavy atom. The van der Waals surface area contributed by atoms with E-state index in [4.69, 9.17) is 9.47 Å². The molecule has 0 saturated heterocycles. The zero-order valence-electron chi connectivity index (χ0n) is 21.4. The van der Waals surface area contributed by atoms with Gasteiger partial charge >= 0.3 is 0 Å². The van der Waals surface area contributed by atoms with Gasteiger partial charge in [0.05, 0.1) is 24.0 Å². The molecule has 202 valence electrons. The minimum absolute atomic E-state index is 0.00762. The smallest absolute Gasteiger partial charge is 0.268 e. The van der Waals surface area contributed by atoms with E-state index in [0.717, 1.165) is 48.6 Å². The SMILES string of the molecule is CS(=O)(=O)NC(=O)c1ccc(-c2ccc(OCCNC[C@H](O)c3ccccc3)cc2)cc1OC1CCCC1. The average molecular weight is 539 g/mol. The second-order valence-corrected chi connectivity index (χ2v) is 11.2. The lowest BCUT2D eigenvalue weighted by atomic mass is 10.0. The van der Waals surface area contributed by atoms with Gasteiger partial charge < -0.3 is 19.9 Å². The maximum atomic E-state index is 12.6. The monoisotopic (exact) mass is 538 g/mol. The summed E-state index contributed by atoms with van der Waals surface area (Å²) in [5.74, 6) is 0.381. The second-order valence-electron chi connectivity index (χ2n) is 9.44. The van der Waals surface area contributed by atoms with Gasteiger partial charge in [0.1, 0.15) is 18.1 Å². The third-order valence-corrected chi connectivity index (χ3v) is 6.91. The summed E-state index contributed by atoms with van der Waals surface area (Å²) in [5, 5.41) is 13.4. The van der Waals surface area contributed by atoms with Gasteiger partial charge in [0.15, 0.2) is 0 Å². The number of carbonyl (C=O) groups excluding carboxylic acids is 1. The standard InChI is InChI=1S/C29H34N2O6S/c1-38(34,35)31-29(33)26-16-13-23(19-28(26)37-25-9-5-6-10-25)21-11-14-24(15-12-21)36-18-17-30-20-27(32)22-7-3-2-4-8-22/h2-4,7-8,11-16,19,25,27,30,32H,5-6,9-10,17-18,20H2,1H3,(H,31,33)/t27-/m0/s1. The molecular formula is C29H34N2O6S. The minimum Gasteiger partial charge on any atom is -0.492 e. The summed E-state index contributed by atoms with van der Waals surface area (Å²) < 4.78 is 37.2. The van der Waals surface area contributed by atoms with Crippen LogP contribution in [0.5, 0.6) is 11.5 Å². The van der Waals surface area contributed by atoms with E-state index in [1.165, 1.54) is 0 Å². The number of carbonyl (C=O) groups is 1. The van der Waals surface area contributed by atoms with Crippen molar-refractivity contribution in [2.45, 2.75) is 37.9 Å². The summed E-state index contributed by atoms with van der Waals surface area (Å²) in [6, 6.07) is 22.3. The Hall–Kier alpha value is -3.40. The van der Waals surface area contributed by atoms with Gasteiger partial charge in [-0.05, 0) is 66.6 Å². The molecule has 1 fully saturated rings. The maximum Gasteiger partial charge on any atom is 0.268 e. The van der Waals surface area contributed by atoms with Crippen LogP contribution in [-0.4, -0.2) is 51.5 Å². The van der Waals surface area contributed by atoms with E-state index >= 15 is 0 Å². The molecule has 0 unspecified atom stereocenters. The van der Waals surface area contributed by atoms with Crippen LogP contribution < -0.4 is 19.5 Å². The highest BCUT2D eigenvalue weighted by molar-refractivity contribution is 7.89. The van der Waals surface area contributed by atoms with Gasteiger partial charge in [-0.2, -0.15) is 0 Å². The zero-order chi connectivity index (χ0) is 27.0. The van der Waals surface area contributed by atoms with E-state index in [-0.39, 0.29) is 11.7 Å². The van der Waals surface area contributed by atoms with Gasteiger partial charge in [-0.1, -0.05) is 48.5 Å². The molecule has 3 aromatic carbocycles. The fraction of sp³-hybridized carbons (Fsp3) is 0.345. The molecule has 0 spiro atoms. The molecule has 9 heteroatoms. The maximum absolute atomic E-state index is 12.6. The van der Waals surface area contributed by atoms with Crippen molar-refractivity contribution in [2.75, 3.05) is 26.0 Å². The quantitative estimate of drug-likeness (QED) is 0.298. The van der Waals surface area contributed by atoms with Crippen LogP contribution in [0.4, 0.5) is 0 Å². The van der Waals surface area contributed by atoms with Gasteiger partial charge in [-0.25, -0.2) is 13.1 Å². The molecule has 0 heterocycles. The summed E-state index contributed by atoms with van der Waals surface area (Å²) in [6.07, 6.45) is 4.34. The van der Waals surface area contributed by atoms with E-state index in [1.54, 1.807) is 18.2 Å². The molecule has 1 aliphatic rings.